The fraction of sp³-hybridized carbons (Fsp3) is 0.300. The Morgan fingerprint density at radius 2 is 1.57 bits per heavy atom. The number of hydrogen-bond donors (Lipinski definition) is 1. The molecule has 5 rings (SSSR count). The Morgan fingerprint density at radius 3 is 2.27 bits per heavy atom. The molecule has 1 saturated carbocycles. The van der Waals surface area contributed by atoms with Gasteiger partial charge in [-0.3, -0.25) is 9.36 Å². The predicted molar refractivity (Wildman–Crippen MR) is 150 cm³/mol. The first-order chi connectivity index (χ1) is 18.2. The maximum absolute atomic E-state index is 12.7. The molecule has 1 amide bonds. The van der Waals surface area contributed by atoms with Gasteiger partial charge < -0.3 is 10.1 Å². The van der Waals surface area contributed by atoms with Crippen molar-refractivity contribution in [3.05, 3.63) is 78.9 Å². The Balaban J connectivity index is 1.32. The van der Waals surface area contributed by atoms with E-state index in [1.807, 2.05) is 37.3 Å². The summed E-state index contributed by atoms with van der Waals surface area (Å²) in [6.45, 7) is 2.56. The van der Waals surface area contributed by atoms with E-state index in [9.17, 15) is 4.79 Å². The number of thioether (sulfide) groups is 1. The minimum absolute atomic E-state index is 0.0684. The number of aromatic nitrogens is 3. The van der Waals surface area contributed by atoms with E-state index in [2.05, 4.69) is 68.6 Å². The largest absolute Gasteiger partial charge is 0.494 e. The third kappa shape index (κ3) is 6.23. The number of carbonyl (C=O) groups is 1. The number of carbonyl (C=O) groups excluding carboxylic acids is 1. The highest BCUT2D eigenvalue weighted by atomic mass is 32.2. The Kier molecular flexibility index (Phi) is 8.21. The molecule has 1 aliphatic rings. The van der Waals surface area contributed by atoms with Gasteiger partial charge in [-0.05, 0) is 55.2 Å². The van der Waals surface area contributed by atoms with Gasteiger partial charge in [0.1, 0.15) is 5.75 Å². The van der Waals surface area contributed by atoms with Crippen molar-refractivity contribution < 1.29 is 9.53 Å². The Hall–Kier alpha value is -3.58. The van der Waals surface area contributed by atoms with Gasteiger partial charge in [-0.15, -0.1) is 10.2 Å². The van der Waals surface area contributed by atoms with Crippen LogP contribution >= 0.6 is 11.8 Å². The summed E-state index contributed by atoms with van der Waals surface area (Å²) >= 11 is 1.45. The summed E-state index contributed by atoms with van der Waals surface area (Å²) < 4.78 is 7.74. The normalized spacial score (nSPS) is 13.9. The number of ether oxygens (including phenoxy) is 1. The summed E-state index contributed by atoms with van der Waals surface area (Å²) in [5, 5.41) is 12.9. The second kappa shape index (κ2) is 12.1. The molecular formula is C30H32N4O2S. The lowest BCUT2D eigenvalue weighted by atomic mass is 9.95. The lowest BCUT2D eigenvalue weighted by molar-refractivity contribution is -0.113. The zero-order valence-electron chi connectivity index (χ0n) is 21.1. The Morgan fingerprint density at radius 1 is 0.892 bits per heavy atom. The molecule has 190 valence electrons. The maximum Gasteiger partial charge on any atom is 0.234 e. The third-order valence-electron chi connectivity index (χ3n) is 6.64. The monoisotopic (exact) mass is 512 g/mol. The third-order valence-corrected chi connectivity index (χ3v) is 7.58. The second-order valence-corrected chi connectivity index (χ2v) is 10.1. The van der Waals surface area contributed by atoms with Crippen LogP contribution in [-0.4, -0.2) is 33.0 Å². The molecule has 0 spiro atoms. The molecule has 1 aromatic heterocycles. The highest BCUT2D eigenvalue weighted by molar-refractivity contribution is 7.99. The highest BCUT2D eigenvalue weighted by Crippen LogP contribution is 2.36. The molecule has 0 saturated heterocycles. The number of anilines is 1. The standard InChI is InChI=1S/C30H32N4O2S/c1-2-36-27-19-17-25(18-20-27)31-28(35)21-37-30-33-32-29(34(30)26-11-7-4-8-12-26)24-15-13-23(14-16-24)22-9-5-3-6-10-22/h3,5-6,9-10,13-20,26H,2,4,7-8,11-12,21H2,1H3,(H,31,35). The Bertz CT molecular complexity index is 1300. The van der Waals surface area contributed by atoms with Crippen molar-refractivity contribution in [2.75, 3.05) is 17.7 Å². The van der Waals surface area contributed by atoms with Crippen molar-refractivity contribution in [3.63, 3.8) is 0 Å². The van der Waals surface area contributed by atoms with E-state index in [0.29, 0.717) is 12.6 Å². The maximum atomic E-state index is 12.7. The van der Waals surface area contributed by atoms with Crippen LogP contribution in [0.4, 0.5) is 5.69 Å². The molecule has 6 nitrogen and oxygen atoms in total. The molecule has 7 heteroatoms. The molecule has 0 radical (unpaired) electrons. The molecule has 1 heterocycles. The summed E-state index contributed by atoms with van der Waals surface area (Å²) in [6, 6.07) is 26.7. The summed E-state index contributed by atoms with van der Waals surface area (Å²) in [4.78, 5) is 12.7. The first-order valence-corrected chi connectivity index (χ1v) is 14.0. The minimum Gasteiger partial charge on any atom is -0.494 e. The van der Waals surface area contributed by atoms with Crippen LogP contribution in [0.15, 0.2) is 84.0 Å². The number of nitrogens with one attached hydrogen (secondary N) is 1. The van der Waals surface area contributed by atoms with Gasteiger partial charge in [-0.2, -0.15) is 0 Å². The first kappa shape index (κ1) is 25.1. The van der Waals surface area contributed by atoms with Crippen LogP contribution in [0, 0.1) is 0 Å². The molecule has 1 fully saturated rings. The average Bonchev–Trinajstić information content (AvgIpc) is 3.38. The molecule has 37 heavy (non-hydrogen) atoms. The van der Waals surface area contributed by atoms with Gasteiger partial charge >= 0.3 is 0 Å². The van der Waals surface area contributed by atoms with Crippen LogP contribution in [0.2, 0.25) is 0 Å². The van der Waals surface area contributed by atoms with Crippen LogP contribution < -0.4 is 10.1 Å². The first-order valence-electron chi connectivity index (χ1n) is 13.0. The molecule has 0 aliphatic heterocycles. The zero-order chi connectivity index (χ0) is 25.5. The molecule has 1 aliphatic carbocycles. The van der Waals surface area contributed by atoms with E-state index in [1.165, 1.54) is 42.2 Å². The summed E-state index contributed by atoms with van der Waals surface area (Å²) in [5.74, 6) is 1.87. The van der Waals surface area contributed by atoms with E-state index in [1.54, 1.807) is 0 Å². The average molecular weight is 513 g/mol. The van der Waals surface area contributed by atoms with Crippen molar-refractivity contribution in [2.45, 2.75) is 50.2 Å². The summed E-state index contributed by atoms with van der Waals surface area (Å²) in [5.41, 5.74) is 4.16. The van der Waals surface area contributed by atoms with E-state index in [0.717, 1.165) is 40.8 Å². The fourth-order valence-corrected chi connectivity index (χ4v) is 5.62. The van der Waals surface area contributed by atoms with Crippen molar-refractivity contribution in [1.82, 2.24) is 14.8 Å². The van der Waals surface area contributed by atoms with Crippen LogP contribution in [0.3, 0.4) is 0 Å². The second-order valence-electron chi connectivity index (χ2n) is 9.21. The molecule has 0 unspecified atom stereocenters. The fourth-order valence-electron chi connectivity index (χ4n) is 4.81. The molecule has 3 aromatic carbocycles. The predicted octanol–water partition coefficient (Wildman–Crippen LogP) is 7.25. The summed E-state index contributed by atoms with van der Waals surface area (Å²) in [7, 11) is 0. The molecule has 0 atom stereocenters. The van der Waals surface area contributed by atoms with Gasteiger partial charge in [-0.25, -0.2) is 0 Å². The number of hydrogen-bond acceptors (Lipinski definition) is 5. The minimum atomic E-state index is -0.0684. The smallest absolute Gasteiger partial charge is 0.234 e. The number of nitrogens with zero attached hydrogens (tertiary/aromatic N) is 3. The van der Waals surface area contributed by atoms with Gasteiger partial charge in [0.2, 0.25) is 5.91 Å². The van der Waals surface area contributed by atoms with Crippen LogP contribution in [-0.2, 0) is 4.79 Å². The highest BCUT2D eigenvalue weighted by Gasteiger charge is 2.24. The number of amides is 1. The number of benzene rings is 3. The molecule has 0 bridgehead atoms. The molecular weight excluding hydrogens is 480 g/mol. The Labute approximate surface area is 222 Å². The van der Waals surface area contributed by atoms with Crippen molar-refractivity contribution >= 4 is 23.4 Å². The van der Waals surface area contributed by atoms with E-state index < -0.39 is 0 Å². The quantitative estimate of drug-likeness (QED) is 0.239. The van der Waals surface area contributed by atoms with Crippen LogP contribution in [0.1, 0.15) is 45.1 Å². The molecule has 4 aromatic rings. The van der Waals surface area contributed by atoms with Crippen molar-refractivity contribution in [1.29, 1.82) is 0 Å². The topological polar surface area (TPSA) is 69.0 Å². The van der Waals surface area contributed by atoms with Crippen molar-refractivity contribution in [3.8, 4) is 28.3 Å². The van der Waals surface area contributed by atoms with Gasteiger partial charge in [0.25, 0.3) is 0 Å². The van der Waals surface area contributed by atoms with Crippen LogP contribution in [0.25, 0.3) is 22.5 Å². The summed E-state index contributed by atoms with van der Waals surface area (Å²) in [6.07, 6.45) is 5.90. The van der Waals surface area contributed by atoms with E-state index in [4.69, 9.17) is 4.74 Å². The van der Waals surface area contributed by atoms with Gasteiger partial charge in [0.15, 0.2) is 11.0 Å². The van der Waals surface area contributed by atoms with E-state index in [-0.39, 0.29) is 11.7 Å². The van der Waals surface area contributed by atoms with Gasteiger partial charge in [0.05, 0.1) is 12.4 Å². The SMILES string of the molecule is CCOc1ccc(NC(=O)CSc2nnc(-c3ccc(-c4ccccc4)cc3)n2C2CCCCC2)cc1. The lowest BCUT2D eigenvalue weighted by Gasteiger charge is -2.25. The van der Waals surface area contributed by atoms with Crippen molar-refractivity contribution in [2.24, 2.45) is 0 Å². The lowest BCUT2D eigenvalue weighted by Crippen LogP contribution is -2.17. The van der Waals surface area contributed by atoms with Crippen LogP contribution in [0.5, 0.6) is 5.75 Å². The number of rotatable bonds is 9. The van der Waals surface area contributed by atoms with Gasteiger partial charge in [0, 0.05) is 17.3 Å². The van der Waals surface area contributed by atoms with E-state index >= 15 is 0 Å². The zero-order valence-corrected chi connectivity index (χ0v) is 21.9. The molecule has 1 N–H and O–H groups in total. The van der Waals surface area contributed by atoms with Gasteiger partial charge in [-0.1, -0.05) is 85.6 Å².